The van der Waals surface area contributed by atoms with Gasteiger partial charge in [-0.05, 0) is 26.7 Å². The standard InChI is InChI=1S/C14H18N2O3/c1-4-5-14(6-11(14)13(17)18)8-19-12-7-15-10(3)16-9(12)2/h4,7,11H,1,5-6,8H2,2-3H3,(H,17,18)/t11-,14+/m0/s1. The van der Waals surface area contributed by atoms with Crippen molar-refractivity contribution in [3.05, 3.63) is 30.4 Å². The van der Waals surface area contributed by atoms with Crippen LogP contribution < -0.4 is 4.74 Å². The molecule has 102 valence electrons. The van der Waals surface area contributed by atoms with Crippen LogP contribution in [-0.4, -0.2) is 27.7 Å². The Labute approximate surface area is 112 Å². The molecule has 2 atom stereocenters. The molecule has 5 heteroatoms. The van der Waals surface area contributed by atoms with Crippen LogP contribution in [0.2, 0.25) is 0 Å². The second-order valence-corrected chi connectivity index (χ2v) is 5.11. The van der Waals surface area contributed by atoms with E-state index >= 15 is 0 Å². The average molecular weight is 262 g/mol. The summed E-state index contributed by atoms with van der Waals surface area (Å²) in [7, 11) is 0. The molecule has 0 saturated heterocycles. The van der Waals surface area contributed by atoms with Crippen molar-refractivity contribution in [1.29, 1.82) is 0 Å². The number of aromatic nitrogens is 2. The first-order chi connectivity index (χ1) is 8.98. The molecule has 0 bridgehead atoms. The van der Waals surface area contributed by atoms with Crippen LogP contribution in [0.5, 0.6) is 5.75 Å². The number of carboxylic acids is 1. The molecule has 2 rings (SSSR count). The van der Waals surface area contributed by atoms with Gasteiger partial charge in [-0.2, -0.15) is 0 Å². The molecule has 0 unspecified atom stereocenters. The number of carboxylic acid groups (broad SMARTS) is 1. The van der Waals surface area contributed by atoms with Crippen LogP contribution in [0, 0.1) is 25.2 Å². The van der Waals surface area contributed by atoms with Crippen molar-refractivity contribution >= 4 is 5.97 Å². The monoisotopic (exact) mass is 262 g/mol. The number of rotatable bonds is 6. The minimum Gasteiger partial charge on any atom is -0.489 e. The molecule has 1 aromatic heterocycles. The molecule has 1 aromatic rings. The third-order valence-electron chi connectivity index (χ3n) is 3.61. The van der Waals surface area contributed by atoms with Gasteiger partial charge in [0.25, 0.3) is 0 Å². The number of allylic oxidation sites excluding steroid dienone is 1. The molecule has 1 aliphatic rings. The fourth-order valence-corrected chi connectivity index (χ4v) is 2.36. The second-order valence-electron chi connectivity index (χ2n) is 5.11. The van der Waals surface area contributed by atoms with E-state index < -0.39 is 5.97 Å². The Balaban J connectivity index is 2.04. The molecular formula is C14H18N2O3. The van der Waals surface area contributed by atoms with Crippen molar-refractivity contribution in [3.8, 4) is 5.75 Å². The Kier molecular flexibility index (Phi) is 3.55. The number of carbonyl (C=O) groups is 1. The van der Waals surface area contributed by atoms with Gasteiger partial charge >= 0.3 is 5.97 Å². The van der Waals surface area contributed by atoms with Crippen LogP contribution in [0.3, 0.4) is 0 Å². The minimum atomic E-state index is -0.762. The minimum absolute atomic E-state index is 0.315. The van der Waals surface area contributed by atoms with Crippen molar-refractivity contribution in [1.82, 2.24) is 9.97 Å². The van der Waals surface area contributed by atoms with Crippen molar-refractivity contribution in [2.45, 2.75) is 26.7 Å². The number of aryl methyl sites for hydroxylation is 2. The van der Waals surface area contributed by atoms with Gasteiger partial charge in [-0.25, -0.2) is 9.97 Å². The van der Waals surface area contributed by atoms with Crippen LogP contribution in [0.4, 0.5) is 0 Å². The molecule has 0 aliphatic heterocycles. The summed E-state index contributed by atoms with van der Waals surface area (Å²) in [6.45, 7) is 7.72. The molecular weight excluding hydrogens is 244 g/mol. The first kappa shape index (κ1) is 13.5. The van der Waals surface area contributed by atoms with Gasteiger partial charge in [0.2, 0.25) is 0 Å². The molecule has 0 spiro atoms. The summed E-state index contributed by atoms with van der Waals surface area (Å²) < 4.78 is 5.72. The lowest BCUT2D eigenvalue weighted by atomic mass is 10.0. The Bertz CT molecular complexity index is 515. The van der Waals surface area contributed by atoms with Crippen LogP contribution in [-0.2, 0) is 4.79 Å². The van der Waals surface area contributed by atoms with Gasteiger partial charge in [-0.1, -0.05) is 6.08 Å². The van der Waals surface area contributed by atoms with E-state index in [1.54, 1.807) is 12.3 Å². The number of ether oxygens (including phenoxy) is 1. The highest BCUT2D eigenvalue weighted by Gasteiger charge is 2.58. The molecule has 0 amide bonds. The lowest BCUT2D eigenvalue weighted by Crippen LogP contribution is -2.19. The fourth-order valence-electron chi connectivity index (χ4n) is 2.36. The zero-order valence-corrected chi connectivity index (χ0v) is 11.2. The van der Waals surface area contributed by atoms with E-state index in [0.29, 0.717) is 31.0 Å². The van der Waals surface area contributed by atoms with Crippen LogP contribution in [0.15, 0.2) is 18.9 Å². The summed E-state index contributed by atoms with van der Waals surface area (Å²) in [5.41, 5.74) is 0.457. The van der Waals surface area contributed by atoms with Gasteiger partial charge in [0.1, 0.15) is 5.82 Å². The summed E-state index contributed by atoms with van der Waals surface area (Å²) in [6.07, 6.45) is 4.68. The van der Waals surface area contributed by atoms with Crippen molar-refractivity contribution in [2.75, 3.05) is 6.61 Å². The van der Waals surface area contributed by atoms with E-state index in [1.807, 2.05) is 13.8 Å². The zero-order chi connectivity index (χ0) is 14.0. The van der Waals surface area contributed by atoms with Crippen molar-refractivity contribution < 1.29 is 14.6 Å². The highest BCUT2D eigenvalue weighted by Crippen LogP contribution is 2.55. The SMILES string of the molecule is C=CC[C@]1(COc2cnc(C)nc2C)C[C@H]1C(=O)O. The molecule has 1 N–H and O–H groups in total. The topological polar surface area (TPSA) is 72.3 Å². The van der Waals surface area contributed by atoms with Gasteiger partial charge in [-0.3, -0.25) is 4.79 Å². The summed E-state index contributed by atoms with van der Waals surface area (Å²) in [6, 6.07) is 0. The van der Waals surface area contributed by atoms with Crippen molar-refractivity contribution in [2.24, 2.45) is 11.3 Å². The maximum absolute atomic E-state index is 11.1. The smallest absolute Gasteiger partial charge is 0.307 e. The molecule has 5 nitrogen and oxygen atoms in total. The predicted octanol–water partition coefficient (Wildman–Crippen LogP) is 2.14. The van der Waals surface area contributed by atoms with Gasteiger partial charge in [0.15, 0.2) is 5.75 Å². The fraction of sp³-hybridized carbons (Fsp3) is 0.500. The van der Waals surface area contributed by atoms with Crippen LogP contribution in [0.25, 0.3) is 0 Å². The lowest BCUT2D eigenvalue weighted by Gasteiger charge is -2.16. The molecule has 0 radical (unpaired) electrons. The Morgan fingerprint density at radius 2 is 2.42 bits per heavy atom. The Hall–Kier alpha value is -1.91. The quantitative estimate of drug-likeness (QED) is 0.795. The first-order valence-corrected chi connectivity index (χ1v) is 6.25. The van der Waals surface area contributed by atoms with E-state index in [2.05, 4.69) is 16.5 Å². The van der Waals surface area contributed by atoms with E-state index in [9.17, 15) is 4.79 Å². The zero-order valence-electron chi connectivity index (χ0n) is 11.2. The van der Waals surface area contributed by atoms with E-state index in [1.165, 1.54) is 0 Å². The highest BCUT2D eigenvalue weighted by atomic mass is 16.5. The van der Waals surface area contributed by atoms with Gasteiger partial charge < -0.3 is 9.84 Å². The molecule has 19 heavy (non-hydrogen) atoms. The third kappa shape index (κ3) is 2.75. The molecule has 1 fully saturated rings. The van der Waals surface area contributed by atoms with Crippen molar-refractivity contribution in [3.63, 3.8) is 0 Å². The summed E-state index contributed by atoms with van der Waals surface area (Å²) >= 11 is 0. The van der Waals surface area contributed by atoms with Gasteiger partial charge in [0.05, 0.1) is 24.4 Å². The lowest BCUT2D eigenvalue weighted by molar-refractivity contribution is -0.139. The predicted molar refractivity (Wildman–Crippen MR) is 70.0 cm³/mol. The number of nitrogens with zero attached hydrogens (tertiary/aromatic N) is 2. The van der Waals surface area contributed by atoms with Gasteiger partial charge in [-0.15, -0.1) is 6.58 Å². The largest absolute Gasteiger partial charge is 0.489 e. The molecule has 1 aliphatic carbocycles. The summed E-state index contributed by atoms with van der Waals surface area (Å²) in [5, 5.41) is 9.09. The van der Waals surface area contributed by atoms with Crippen LogP contribution >= 0.6 is 0 Å². The first-order valence-electron chi connectivity index (χ1n) is 6.25. The summed E-state index contributed by atoms with van der Waals surface area (Å²) in [5.74, 6) is 0.213. The third-order valence-corrected chi connectivity index (χ3v) is 3.61. The number of hydrogen-bond acceptors (Lipinski definition) is 4. The Morgan fingerprint density at radius 1 is 1.68 bits per heavy atom. The maximum atomic E-state index is 11.1. The number of hydrogen-bond donors (Lipinski definition) is 1. The summed E-state index contributed by atoms with van der Waals surface area (Å²) in [4.78, 5) is 19.4. The van der Waals surface area contributed by atoms with E-state index in [0.717, 1.165) is 5.69 Å². The number of aliphatic carboxylic acids is 1. The Morgan fingerprint density at radius 3 is 2.95 bits per heavy atom. The van der Waals surface area contributed by atoms with Crippen LogP contribution in [0.1, 0.15) is 24.4 Å². The van der Waals surface area contributed by atoms with E-state index in [-0.39, 0.29) is 11.3 Å². The molecule has 1 heterocycles. The maximum Gasteiger partial charge on any atom is 0.307 e. The highest BCUT2D eigenvalue weighted by molar-refractivity contribution is 5.74. The normalized spacial score (nSPS) is 24.8. The van der Waals surface area contributed by atoms with Gasteiger partial charge in [0, 0.05) is 5.41 Å². The molecule has 1 saturated carbocycles. The average Bonchev–Trinajstić information content (AvgIpc) is 3.04. The van der Waals surface area contributed by atoms with E-state index in [4.69, 9.17) is 9.84 Å². The second kappa shape index (κ2) is 4.99. The molecule has 0 aromatic carbocycles.